The van der Waals surface area contributed by atoms with Gasteiger partial charge in [-0.1, -0.05) is 63.6 Å². The molecule has 0 saturated heterocycles. The topological polar surface area (TPSA) is 0 Å². The highest BCUT2D eigenvalue weighted by atomic mass is 35.7. The van der Waals surface area contributed by atoms with Gasteiger partial charge in [-0.05, 0) is 19.4 Å². The van der Waals surface area contributed by atoms with Crippen molar-refractivity contribution < 1.29 is 0 Å². The molecular formula is C13H26Cl2Si. The van der Waals surface area contributed by atoms with Crippen LogP contribution < -0.4 is 0 Å². The lowest BCUT2D eigenvalue weighted by Gasteiger charge is -2.02. The second-order valence-electron chi connectivity index (χ2n) is 4.62. The van der Waals surface area contributed by atoms with Gasteiger partial charge in [0.25, 0.3) is 6.69 Å². The minimum absolute atomic E-state index is 1.14. The molecular weight excluding hydrogens is 255 g/mol. The predicted molar refractivity (Wildman–Crippen MR) is 79.7 cm³/mol. The molecule has 16 heavy (non-hydrogen) atoms. The van der Waals surface area contributed by atoms with E-state index in [1.165, 1.54) is 51.4 Å². The molecule has 3 heteroatoms. The van der Waals surface area contributed by atoms with E-state index in [1.54, 1.807) is 0 Å². The molecule has 0 aliphatic heterocycles. The van der Waals surface area contributed by atoms with Crippen molar-refractivity contribution in [2.24, 2.45) is 0 Å². The molecule has 0 N–H and O–H groups in total. The molecule has 0 aromatic heterocycles. The number of allylic oxidation sites excluding steroid dienone is 1. The van der Waals surface area contributed by atoms with Gasteiger partial charge in [0.1, 0.15) is 0 Å². The maximum absolute atomic E-state index is 5.96. The number of rotatable bonds is 10. The molecule has 96 valence electrons. The second-order valence-corrected chi connectivity index (χ2v) is 12.2. The molecule has 0 amide bonds. The minimum atomic E-state index is -1.98. The average Bonchev–Trinajstić information content (AvgIpc) is 2.19. The van der Waals surface area contributed by atoms with Crippen LogP contribution >= 0.6 is 22.2 Å². The molecule has 0 unspecified atom stereocenters. The SMILES string of the molecule is CCCCCCCCCCC=C[Si](C)(Cl)Cl. The van der Waals surface area contributed by atoms with Gasteiger partial charge < -0.3 is 0 Å². The van der Waals surface area contributed by atoms with Gasteiger partial charge >= 0.3 is 0 Å². The Bertz CT molecular complexity index is 173. The Kier molecular flexibility index (Phi) is 11.0. The zero-order valence-corrected chi connectivity index (χ0v) is 13.3. The highest BCUT2D eigenvalue weighted by molar-refractivity contribution is 7.47. The normalized spacial score (nSPS) is 12.5. The maximum atomic E-state index is 5.96. The molecule has 0 nitrogen and oxygen atoms in total. The van der Waals surface area contributed by atoms with Gasteiger partial charge in [0.15, 0.2) is 0 Å². The number of hydrogen-bond acceptors (Lipinski definition) is 0. The fourth-order valence-corrected chi connectivity index (χ4v) is 2.80. The van der Waals surface area contributed by atoms with Crippen LogP contribution in [0.4, 0.5) is 0 Å². The van der Waals surface area contributed by atoms with Gasteiger partial charge in [0, 0.05) is 0 Å². The van der Waals surface area contributed by atoms with Gasteiger partial charge in [-0.2, -0.15) is 0 Å². The molecule has 0 aromatic carbocycles. The second kappa shape index (κ2) is 10.7. The van der Waals surface area contributed by atoms with Gasteiger partial charge in [-0.15, -0.1) is 22.2 Å². The van der Waals surface area contributed by atoms with Crippen LogP contribution in [0.2, 0.25) is 6.55 Å². The summed E-state index contributed by atoms with van der Waals surface area (Å²) in [7, 11) is 0. The summed E-state index contributed by atoms with van der Waals surface area (Å²) in [4.78, 5) is 0. The highest BCUT2D eigenvalue weighted by Gasteiger charge is 2.14. The van der Waals surface area contributed by atoms with Gasteiger partial charge in [-0.25, -0.2) is 0 Å². The first-order valence-electron chi connectivity index (χ1n) is 6.62. The van der Waals surface area contributed by atoms with E-state index in [4.69, 9.17) is 22.2 Å². The zero-order chi connectivity index (χ0) is 12.3. The third-order valence-corrected chi connectivity index (χ3v) is 4.21. The van der Waals surface area contributed by atoms with Crippen molar-refractivity contribution in [3.63, 3.8) is 0 Å². The Morgan fingerprint density at radius 2 is 1.38 bits per heavy atom. The van der Waals surface area contributed by atoms with Gasteiger partial charge in [0.05, 0.1) is 0 Å². The third-order valence-electron chi connectivity index (χ3n) is 2.63. The number of hydrogen-bond donors (Lipinski definition) is 0. The van der Waals surface area contributed by atoms with E-state index < -0.39 is 6.69 Å². The Labute approximate surface area is 112 Å². The smallest absolute Gasteiger partial charge is 0.141 e. The van der Waals surface area contributed by atoms with Crippen LogP contribution in [0.3, 0.4) is 0 Å². The van der Waals surface area contributed by atoms with Crippen LogP contribution in [0.1, 0.15) is 64.7 Å². The number of unbranched alkanes of at least 4 members (excludes halogenated alkanes) is 8. The molecule has 0 bridgehead atoms. The summed E-state index contributed by atoms with van der Waals surface area (Å²) in [5, 5.41) is 0. The van der Waals surface area contributed by atoms with E-state index in [1.807, 2.05) is 12.2 Å². The van der Waals surface area contributed by atoms with Crippen molar-refractivity contribution in [3.8, 4) is 0 Å². The van der Waals surface area contributed by atoms with Crippen molar-refractivity contribution in [1.82, 2.24) is 0 Å². The van der Waals surface area contributed by atoms with Crippen molar-refractivity contribution in [2.45, 2.75) is 71.3 Å². The molecule has 0 aliphatic carbocycles. The van der Waals surface area contributed by atoms with Crippen LogP contribution in [0.15, 0.2) is 11.8 Å². The molecule has 0 atom stereocenters. The first-order chi connectivity index (χ1) is 7.56. The minimum Gasteiger partial charge on any atom is -0.141 e. The summed E-state index contributed by atoms with van der Waals surface area (Å²) in [6.45, 7) is 2.21. The lowest BCUT2D eigenvalue weighted by molar-refractivity contribution is 0.577. The molecule has 0 heterocycles. The Hall–Kier alpha value is 0.537. The molecule has 0 radical (unpaired) electrons. The zero-order valence-electron chi connectivity index (χ0n) is 10.8. The third kappa shape index (κ3) is 14.5. The van der Waals surface area contributed by atoms with E-state index in [9.17, 15) is 0 Å². The van der Waals surface area contributed by atoms with Crippen molar-refractivity contribution in [3.05, 3.63) is 11.8 Å². The molecule has 0 spiro atoms. The van der Waals surface area contributed by atoms with Crippen LogP contribution in [0.25, 0.3) is 0 Å². The summed E-state index contributed by atoms with van der Waals surface area (Å²) >= 11 is 11.9. The molecule has 0 rings (SSSR count). The van der Waals surface area contributed by atoms with E-state index in [2.05, 4.69) is 13.0 Å². The van der Waals surface area contributed by atoms with Crippen LogP contribution in [-0.4, -0.2) is 6.69 Å². The summed E-state index contributed by atoms with van der Waals surface area (Å²) < 4.78 is 0. The Balaban J connectivity index is 3.13. The predicted octanol–water partition coefficient (Wildman–Crippen LogP) is 6.16. The van der Waals surface area contributed by atoms with Crippen molar-refractivity contribution in [2.75, 3.05) is 0 Å². The molecule has 0 aromatic rings. The summed E-state index contributed by atoms with van der Waals surface area (Å²) in [5.74, 6) is 0. The lowest BCUT2D eigenvalue weighted by Crippen LogP contribution is -2.07. The first kappa shape index (κ1) is 16.5. The fourth-order valence-electron chi connectivity index (χ4n) is 1.69. The highest BCUT2D eigenvalue weighted by Crippen LogP contribution is 2.16. The summed E-state index contributed by atoms with van der Waals surface area (Å²) in [5.41, 5.74) is 2.01. The largest absolute Gasteiger partial charge is 0.270 e. The van der Waals surface area contributed by atoms with Gasteiger partial charge in [0.2, 0.25) is 0 Å². The van der Waals surface area contributed by atoms with Gasteiger partial charge in [-0.3, -0.25) is 0 Å². The maximum Gasteiger partial charge on any atom is 0.270 e. The van der Waals surface area contributed by atoms with E-state index in [-0.39, 0.29) is 0 Å². The Morgan fingerprint density at radius 1 is 0.875 bits per heavy atom. The summed E-state index contributed by atoms with van der Waals surface area (Å²) in [6.07, 6.45) is 14.3. The lowest BCUT2D eigenvalue weighted by atomic mass is 10.1. The van der Waals surface area contributed by atoms with Crippen LogP contribution in [0, 0.1) is 0 Å². The van der Waals surface area contributed by atoms with Crippen LogP contribution in [-0.2, 0) is 0 Å². The summed E-state index contributed by atoms with van der Waals surface area (Å²) in [6, 6.07) is 0. The molecule has 0 aliphatic rings. The Morgan fingerprint density at radius 3 is 1.88 bits per heavy atom. The number of halogens is 2. The molecule has 0 saturated carbocycles. The van der Waals surface area contributed by atoms with E-state index >= 15 is 0 Å². The van der Waals surface area contributed by atoms with Crippen molar-refractivity contribution >= 4 is 28.9 Å². The van der Waals surface area contributed by atoms with E-state index in [0.717, 1.165) is 6.42 Å². The standard InChI is InChI=1S/C13H26Cl2Si/c1-3-4-5-6-7-8-9-10-11-12-13-16(2,14)15/h12-13H,3-11H2,1-2H3. The van der Waals surface area contributed by atoms with Crippen molar-refractivity contribution in [1.29, 1.82) is 0 Å². The quantitative estimate of drug-likeness (QED) is 0.255. The molecule has 0 fully saturated rings. The average molecular weight is 281 g/mol. The monoisotopic (exact) mass is 280 g/mol. The fraction of sp³-hybridized carbons (Fsp3) is 0.846. The van der Waals surface area contributed by atoms with E-state index in [0.29, 0.717) is 0 Å². The van der Waals surface area contributed by atoms with Crippen LogP contribution in [0.5, 0.6) is 0 Å². The first-order valence-corrected chi connectivity index (χ1v) is 11.2.